The van der Waals surface area contributed by atoms with Crippen molar-refractivity contribution in [1.29, 1.82) is 0 Å². The maximum Gasteiger partial charge on any atom is 0.322 e. The molecule has 3 rings (SSSR count). The van der Waals surface area contributed by atoms with E-state index < -0.39 is 0 Å². The van der Waals surface area contributed by atoms with Crippen LogP contribution < -0.4 is 10.6 Å². The van der Waals surface area contributed by atoms with Crippen LogP contribution in [0.1, 0.15) is 55.6 Å². The zero-order valence-corrected chi connectivity index (χ0v) is 16.2. The molecule has 1 atom stereocenters. The highest BCUT2D eigenvalue weighted by Gasteiger charge is 2.29. The summed E-state index contributed by atoms with van der Waals surface area (Å²) in [6.07, 6.45) is 1.97. The molecule has 1 aliphatic rings. The van der Waals surface area contributed by atoms with Crippen molar-refractivity contribution in [2.45, 2.75) is 45.2 Å². The average molecular weight is 365 g/mol. The van der Waals surface area contributed by atoms with Crippen LogP contribution in [0.2, 0.25) is 0 Å². The minimum absolute atomic E-state index is 0.103. The Labute approximate surface area is 160 Å². The molecule has 1 fully saturated rings. The maximum atomic E-state index is 12.7. The lowest BCUT2D eigenvalue weighted by molar-refractivity contribution is 0.0919. The molecule has 2 N–H and O–H groups in total. The Morgan fingerprint density at radius 2 is 1.67 bits per heavy atom. The van der Waals surface area contributed by atoms with E-state index in [-0.39, 0.29) is 23.5 Å². The monoisotopic (exact) mass is 365 g/mol. The van der Waals surface area contributed by atoms with Gasteiger partial charge in [0.15, 0.2) is 0 Å². The number of carbonyl (C=O) groups excluding carboxylic acids is 2. The molecule has 5 heteroatoms. The molecule has 0 saturated carbocycles. The summed E-state index contributed by atoms with van der Waals surface area (Å²) in [7, 11) is 0. The Morgan fingerprint density at radius 3 is 2.30 bits per heavy atom. The third-order valence-corrected chi connectivity index (χ3v) is 4.58. The van der Waals surface area contributed by atoms with Crippen LogP contribution in [0.15, 0.2) is 54.6 Å². The quantitative estimate of drug-likeness (QED) is 0.836. The topological polar surface area (TPSA) is 61.4 Å². The van der Waals surface area contributed by atoms with Crippen LogP contribution in [0, 0.1) is 0 Å². The molecule has 2 aromatic carbocycles. The van der Waals surface area contributed by atoms with Crippen LogP contribution in [0.3, 0.4) is 0 Å². The van der Waals surface area contributed by atoms with Gasteiger partial charge in [0.1, 0.15) is 0 Å². The smallest absolute Gasteiger partial charge is 0.322 e. The first kappa shape index (κ1) is 19.0. The van der Waals surface area contributed by atoms with Crippen LogP contribution in [-0.2, 0) is 0 Å². The summed E-state index contributed by atoms with van der Waals surface area (Å²) >= 11 is 0. The second-order valence-corrected chi connectivity index (χ2v) is 7.97. The molecule has 3 amide bonds. The highest BCUT2D eigenvalue weighted by Crippen LogP contribution is 2.32. The molecule has 2 aromatic rings. The van der Waals surface area contributed by atoms with Gasteiger partial charge in [0, 0.05) is 23.3 Å². The summed E-state index contributed by atoms with van der Waals surface area (Å²) in [4.78, 5) is 26.8. The first-order valence-corrected chi connectivity index (χ1v) is 9.39. The fourth-order valence-electron chi connectivity index (χ4n) is 3.34. The summed E-state index contributed by atoms with van der Waals surface area (Å²) < 4.78 is 0. The summed E-state index contributed by atoms with van der Waals surface area (Å²) in [5, 5.41) is 5.88. The van der Waals surface area contributed by atoms with E-state index in [0.29, 0.717) is 11.3 Å². The maximum absolute atomic E-state index is 12.7. The van der Waals surface area contributed by atoms with E-state index >= 15 is 0 Å². The van der Waals surface area contributed by atoms with Gasteiger partial charge in [0.2, 0.25) is 0 Å². The van der Waals surface area contributed by atoms with Gasteiger partial charge >= 0.3 is 6.03 Å². The van der Waals surface area contributed by atoms with E-state index in [1.807, 2.05) is 43.9 Å². The van der Waals surface area contributed by atoms with Gasteiger partial charge in [-0.05, 0) is 63.4 Å². The van der Waals surface area contributed by atoms with E-state index in [9.17, 15) is 9.59 Å². The molecular weight excluding hydrogens is 338 g/mol. The number of benzene rings is 2. The second-order valence-electron chi connectivity index (χ2n) is 7.97. The van der Waals surface area contributed by atoms with Crippen molar-refractivity contribution in [1.82, 2.24) is 10.2 Å². The lowest BCUT2D eigenvalue weighted by Gasteiger charge is -2.25. The van der Waals surface area contributed by atoms with Gasteiger partial charge < -0.3 is 15.5 Å². The Morgan fingerprint density at radius 1 is 1.00 bits per heavy atom. The van der Waals surface area contributed by atoms with Crippen molar-refractivity contribution in [2.24, 2.45) is 0 Å². The second kappa shape index (κ2) is 7.82. The van der Waals surface area contributed by atoms with Crippen molar-refractivity contribution in [3.8, 4) is 0 Å². The molecular formula is C22H27N3O2. The van der Waals surface area contributed by atoms with Crippen LogP contribution in [0.4, 0.5) is 10.5 Å². The number of hydrogen-bond acceptors (Lipinski definition) is 2. The van der Waals surface area contributed by atoms with Gasteiger partial charge in [-0.2, -0.15) is 0 Å². The third kappa shape index (κ3) is 4.88. The van der Waals surface area contributed by atoms with Gasteiger partial charge in [-0.3, -0.25) is 4.79 Å². The molecule has 0 aromatic heterocycles. The normalized spacial score (nSPS) is 16.9. The largest absolute Gasteiger partial charge is 0.347 e. The molecule has 142 valence electrons. The summed E-state index contributed by atoms with van der Waals surface area (Å²) in [5.74, 6) is -0.121. The van der Waals surface area contributed by atoms with Gasteiger partial charge in [-0.15, -0.1) is 0 Å². The highest BCUT2D eigenvalue weighted by molar-refractivity contribution is 5.96. The molecule has 1 heterocycles. The van der Waals surface area contributed by atoms with Crippen molar-refractivity contribution in [2.75, 3.05) is 11.9 Å². The lowest BCUT2D eigenvalue weighted by Crippen LogP contribution is -2.40. The number of urea groups is 1. The van der Waals surface area contributed by atoms with Crippen LogP contribution in [-0.4, -0.2) is 28.9 Å². The summed E-state index contributed by atoms with van der Waals surface area (Å²) in [6.45, 7) is 6.58. The molecule has 0 bridgehead atoms. The Kier molecular flexibility index (Phi) is 5.49. The van der Waals surface area contributed by atoms with E-state index in [1.54, 1.807) is 24.3 Å². The number of likely N-dealkylation sites (tertiary alicyclic amines) is 1. The van der Waals surface area contributed by atoms with Crippen LogP contribution in [0.5, 0.6) is 0 Å². The highest BCUT2D eigenvalue weighted by atomic mass is 16.2. The lowest BCUT2D eigenvalue weighted by atomic mass is 10.1. The van der Waals surface area contributed by atoms with Gasteiger partial charge in [0.05, 0.1) is 6.04 Å². The van der Waals surface area contributed by atoms with Gasteiger partial charge in [0.25, 0.3) is 5.91 Å². The van der Waals surface area contributed by atoms with Crippen molar-refractivity contribution >= 4 is 17.6 Å². The number of rotatable bonds is 3. The number of hydrogen-bond donors (Lipinski definition) is 2. The van der Waals surface area contributed by atoms with E-state index in [2.05, 4.69) is 22.8 Å². The number of anilines is 1. The molecule has 1 aliphatic heterocycles. The molecule has 27 heavy (non-hydrogen) atoms. The predicted octanol–water partition coefficient (Wildman–Crippen LogP) is 4.58. The van der Waals surface area contributed by atoms with Crippen molar-refractivity contribution < 1.29 is 9.59 Å². The van der Waals surface area contributed by atoms with E-state index in [1.165, 1.54) is 5.56 Å². The molecule has 0 spiro atoms. The van der Waals surface area contributed by atoms with E-state index in [4.69, 9.17) is 0 Å². The molecule has 0 aliphatic carbocycles. The van der Waals surface area contributed by atoms with Crippen LogP contribution in [0.25, 0.3) is 0 Å². The van der Waals surface area contributed by atoms with Gasteiger partial charge in [-0.25, -0.2) is 4.79 Å². The first-order valence-electron chi connectivity index (χ1n) is 9.39. The number of amides is 3. The van der Waals surface area contributed by atoms with E-state index in [0.717, 1.165) is 19.4 Å². The standard InChI is InChI=1S/C22H27N3O2/c1-22(2,3)24-20(26)17-11-13-18(14-12-17)23-21(27)25-15-7-10-19(25)16-8-5-4-6-9-16/h4-6,8-9,11-14,19H,7,10,15H2,1-3H3,(H,23,27)(H,24,26). The fraction of sp³-hybridized carbons (Fsp3) is 0.364. The first-order chi connectivity index (χ1) is 12.8. The molecule has 1 unspecified atom stereocenters. The van der Waals surface area contributed by atoms with Crippen LogP contribution >= 0.6 is 0 Å². The summed E-state index contributed by atoms with van der Waals surface area (Å²) in [6, 6.07) is 17.1. The minimum Gasteiger partial charge on any atom is -0.347 e. The minimum atomic E-state index is -0.286. The Balaban J connectivity index is 1.65. The third-order valence-electron chi connectivity index (χ3n) is 4.58. The summed E-state index contributed by atoms with van der Waals surface area (Å²) in [5.41, 5.74) is 2.14. The Bertz CT molecular complexity index is 795. The van der Waals surface area contributed by atoms with Gasteiger partial charge in [-0.1, -0.05) is 30.3 Å². The zero-order chi connectivity index (χ0) is 19.4. The zero-order valence-electron chi connectivity index (χ0n) is 16.2. The predicted molar refractivity (Wildman–Crippen MR) is 108 cm³/mol. The SMILES string of the molecule is CC(C)(C)NC(=O)c1ccc(NC(=O)N2CCCC2c2ccccc2)cc1. The fourth-order valence-corrected chi connectivity index (χ4v) is 3.34. The van der Waals surface area contributed by atoms with Crippen molar-refractivity contribution in [3.05, 3.63) is 65.7 Å². The molecule has 0 radical (unpaired) electrons. The van der Waals surface area contributed by atoms with Crippen molar-refractivity contribution in [3.63, 3.8) is 0 Å². The Hall–Kier alpha value is -2.82. The molecule has 5 nitrogen and oxygen atoms in total. The number of carbonyl (C=O) groups is 2. The number of nitrogens with one attached hydrogen (secondary N) is 2. The average Bonchev–Trinajstić information content (AvgIpc) is 3.11. The molecule has 1 saturated heterocycles. The number of nitrogens with zero attached hydrogens (tertiary/aromatic N) is 1.